The summed E-state index contributed by atoms with van der Waals surface area (Å²) < 4.78 is 0. The third-order valence-corrected chi connectivity index (χ3v) is 3.68. The molecule has 1 aliphatic heterocycles. The van der Waals surface area contributed by atoms with E-state index in [9.17, 15) is 4.79 Å². The lowest BCUT2D eigenvalue weighted by molar-refractivity contribution is -0.123. The Bertz CT molecular complexity index is 392. The molecule has 1 heterocycles. The van der Waals surface area contributed by atoms with E-state index in [2.05, 4.69) is 11.4 Å². The highest BCUT2D eigenvalue weighted by Crippen LogP contribution is 2.43. The zero-order valence-electron chi connectivity index (χ0n) is 8.49. The first-order chi connectivity index (χ1) is 7.24. The molecule has 3 rings (SSSR count). The monoisotopic (exact) mass is 202 g/mol. The summed E-state index contributed by atoms with van der Waals surface area (Å²) in [6, 6.07) is 0. The first-order valence-electron chi connectivity index (χ1n) is 5.48. The van der Waals surface area contributed by atoms with Crippen molar-refractivity contribution in [3.05, 3.63) is 23.9 Å². The molecular formula is C12H14N2O. The summed E-state index contributed by atoms with van der Waals surface area (Å²) in [4.78, 5) is 11.5. The van der Waals surface area contributed by atoms with Crippen molar-refractivity contribution >= 4 is 11.6 Å². The second kappa shape index (κ2) is 3.05. The van der Waals surface area contributed by atoms with Gasteiger partial charge in [0.25, 0.3) is 0 Å². The van der Waals surface area contributed by atoms with Crippen LogP contribution < -0.4 is 5.32 Å². The van der Waals surface area contributed by atoms with Gasteiger partial charge in [0.05, 0.1) is 0 Å². The Balaban J connectivity index is 1.99. The number of nitrogens with one attached hydrogen (secondary N) is 2. The fourth-order valence-corrected chi connectivity index (χ4v) is 3.15. The highest BCUT2D eigenvalue weighted by Gasteiger charge is 2.41. The molecule has 1 saturated carbocycles. The van der Waals surface area contributed by atoms with Gasteiger partial charge in [0, 0.05) is 23.7 Å². The standard InChI is InChI=1S/C12H14N2O/c13-9-4-7-2-1-3-10-12(7)8(5-9)6-11(15)14-10/h1-3,7-8,12-13H,4-6H2,(H,14,15). The van der Waals surface area contributed by atoms with Crippen molar-refractivity contribution in [2.24, 2.45) is 17.8 Å². The lowest BCUT2D eigenvalue weighted by Crippen LogP contribution is -2.46. The third kappa shape index (κ3) is 1.34. The Labute approximate surface area is 88.8 Å². The predicted molar refractivity (Wildman–Crippen MR) is 57.4 cm³/mol. The number of piperidine rings is 1. The predicted octanol–water partition coefficient (Wildman–Crippen LogP) is 1.62. The van der Waals surface area contributed by atoms with Gasteiger partial charge in [-0.05, 0) is 30.8 Å². The Morgan fingerprint density at radius 3 is 3.07 bits per heavy atom. The van der Waals surface area contributed by atoms with Crippen molar-refractivity contribution < 1.29 is 4.79 Å². The van der Waals surface area contributed by atoms with Gasteiger partial charge in [-0.1, -0.05) is 12.2 Å². The second-order valence-corrected chi connectivity index (χ2v) is 4.72. The fourth-order valence-electron chi connectivity index (χ4n) is 3.15. The SMILES string of the molecule is N=C1CC2C=CC=C3NC(=O)CC(C1)C32. The van der Waals surface area contributed by atoms with Gasteiger partial charge in [0.1, 0.15) is 0 Å². The van der Waals surface area contributed by atoms with E-state index in [4.69, 9.17) is 5.41 Å². The van der Waals surface area contributed by atoms with Gasteiger partial charge >= 0.3 is 0 Å². The second-order valence-electron chi connectivity index (χ2n) is 4.72. The molecule has 2 fully saturated rings. The normalized spacial score (nSPS) is 38.1. The average molecular weight is 202 g/mol. The molecule has 3 heteroatoms. The molecule has 1 saturated heterocycles. The lowest BCUT2D eigenvalue weighted by Gasteiger charge is -2.43. The van der Waals surface area contributed by atoms with Crippen LogP contribution in [0.3, 0.4) is 0 Å². The largest absolute Gasteiger partial charge is 0.329 e. The summed E-state index contributed by atoms with van der Waals surface area (Å²) in [7, 11) is 0. The van der Waals surface area contributed by atoms with Crippen molar-refractivity contribution in [2.45, 2.75) is 19.3 Å². The minimum Gasteiger partial charge on any atom is -0.329 e. The van der Waals surface area contributed by atoms with Gasteiger partial charge in [-0.25, -0.2) is 0 Å². The Kier molecular flexibility index (Phi) is 1.81. The summed E-state index contributed by atoms with van der Waals surface area (Å²) in [5.41, 5.74) is 1.89. The number of carbonyl (C=O) groups excluding carboxylic acids is 1. The van der Waals surface area contributed by atoms with Gasteiger partial charge in [0.2, 0.25) is 5.91 Å². The number of amides is 1. The topological polar surface area (TPSA) is 53.0 Å². The van der Waals surface area contributed by atoms with Crippen LogP contribution in [0.15, 0.2) is 23.9 Å². The molecule has 78 valence electrons. The van der Waals surface area contributed by atoms with E-state index >= 15 is 0 Å². The zero-order valence-corrected chi connectivity index (χ0v) is 8.49. The van der Waals surface area contributed by atoms with E-state index in [1.807, 2.05) is 12.2 Å². The molecule has 0 aromatic carbocycles. The molecule has 0 aromatic heterocycles. The van der Waals surface area contributed by atoms with Gasteiger partial charge in [-0.15, -0.1) is 0 Å². The van der Waals surface area contributed by atoms with Crippen LogP contribution in [0.25, 0.3) is 0 Å². The number of carbonyl (C=O) groups is 1. The van der Waals surface area contributed by atoms with Crippen LogP contribution in [0.1, 0.15) is 19.3 Å². The maximum absolute atomic E-state index is 11.5. The Morgan fingerprint density at radius 2 is 2.20 bits per heavy atom. The van der Waals surface area contributed by atoms with Crippen LogP contribution in [0, 0.1) is 23.2 Å². The van der Waals surface area contributed by atoms with Gasteiger partial charge < -0.3 is 10.7 Å². The molecule has 0 aromatic rings. The number of hydrogen-bond donors (Lipinski definition) is 2. The van der Waals surface area contributed by atoms with Crippen molar-refractivity contribution in [3.63, 3.8) is 0 Å². The van der Waals surface area contributed by atoms with E-state index in [0.717, 1.165) is 24.3 Å². The van der Waals surface area contributed by atoms with Gasteiger partial charge in [-0.2, -0.15) is 0 Å². The van der Waals surface area contributed by atoms with E-state index in [1.54, 1.807) is 0 Å². The molecule has 3 unspecified atom stereocenters. The molecule has 1 amide bonds. The molecule has 3 nitrogen and oxygen atoms in total. The fraction of sp³-hybridized carbons (Fsp3) is 0.500. The number of hydrogen-bond acceptors (Lipinski definition) is 2. The van der Waals surface area contributed by atoms with Crippen molar-refractivity contribution in [3.8, 4) is 0 Å². The van der Waals surface area contributed by atoms with Gasteiger partial charge in [-0.3, -0.25) is 4.79 Å². The summed E-state index contributed by atoms with van der Waals surface area (Å²) in [5.74, 6) is 1.38. The number of rotatable bonds is 0. The molecule has 0 bridgehead atoms. The van der Waals surface area contributed by atoms with Crippen LogP contribution in [0.4, 0.5) is 0 Å². The number of allylic oxidation sites excluding steroid dienone is 4. The highest BCUT2D eigenvalue weighted by molar-refractivity contribution is 5.86. The summed E-state index contributed by atoms with van der Waals surface area (Å²) >= 11 is 0. The Morgan fingerprint density at radius 1 is 1.33 bits per heavy atom. The molecule has 0 spiro atoms. The summed E-state index contributed by atoms with van der Waals surface area (Å²) in [6.45, 7) is 0. The molecule has 2 aliphatic carbocycles. The molecule has 3 aliphatic rings. The molecule has 15 heavy (non-hydrogen) atoms. The quantitative estimate of drug-likeness (QED) is 0.616. The van der Waals surface area contributed by atoms with Crippen molar-refractivity contribution in [1.82, 2.24) is 5.32 Å². The minimum absolute atomic E-state index is 0.117. The van der Waals surface area contributed by atoms with E-state index in [1.165, 1.54) is 0 Å². The maximum Gasteiger partial charge on any atom is 0.224 e. The van der Waals surface area contributed by atoms with Crippen LogP contribution in [-0.2, 0) is 4.79 Å². The first kappa shape index (κ1) is 8.89. The van der Waals surface area contributed by atoms with Crippen LogP contribution >= 0.6 is 0 Å². The van der Waals surface area contributed by atoms with E-state index < -0.39 is 0 Å². The smallest absolute Gasteiger partial charge is 0.224 e. The minimum atomic E-state index is 0.117. The first-order valence-corrected chi connectivity index (χ1v) is 5.48. The molecule has 3 atom stereocenters. The third-order valence-electron chi connectivity index (χ3n) is 3.68. The van der Waals surface area contributed by atoms with Gasteiger partial charge in [0.15, 0.2) is 0 Å². The van der Waals surface area contributed by atoms with E-state index in [-0.39, 0.29) is 5.91 Å². The molecule has 2 N–H and O–H groups in total. The summed E-state index contributed by atoms with van der Waals surface area (Å²) in [6.07, 6.45) is 8.48. The maximum atomic E-state index is 11.5. The van der Waals surface area contributed by atoms with Crippen LogP contribution in [0.2, 0.25) is 0 Å². The van der Waals surface area contributed by atoms with Crippen molar-refractivity contribution in [1.29, 1.82) is 5.41 Å². The molecule has 0 radical (unpaired) electrons. The molecular weight excluding hydrogens is 188 g/mol. The highest BCUT2D eigenvalue weighted by atomic mass is 16.1. The van der Waals surface area contributed by atoms with Crippen LogP contribution in [0.5, 0.6) is 0 Å². The van der Waals surface area contributed by atoms with Crippen LogP contribution in [-0.4, -0.2) is 11.6 Å². The lowest BCUT2D eigenvalue weighted by atomic mass is 9.65. The zero-order chi connectivity index (χ0) is 10.4. The van der Waals surface area contributed by atoms with E-state index in [0.29, 0.717) is 24.2 Å². The average Bonchev–Trinajstić information content (AvgIpc) is 2.16. The Hall–Kier alpha value is -1.38. The van der Waals surface area contributed by atoms with Crippen molar-refractivity contribution in [2.75, 3.05) is 0 Å². The summed E-state index contributed by atoms with van der Waals surface area (Å²) in [5, 5.41) is 10.8.